The first-order chi connectivity index (χ1) is 8.08. The Hall–Kier alpha value is -0.980. The molecule has 6 heteroatoms. The summed E-state index contributed by atoms with van der Waals surface area (Å²) in [6.45, 7) is 2.53. The fraction of sp³-hybridized carbons (Fsp3) is 0.455. The third kappa shape index (κ3) is 2.83. The van der Waals surface area contributed by atoms with E-state index in [-0.39, 0.29) is 10.6 Å². The quantitative estimate of drug-likeness (QED) is 0.680. The van der Waals surface area contributed by atoms with Crippen LogP contribution < -0.4 is 5.32 Å². The number of nitrogens with one attached hydrogen (secondary N) is 1. The Kier molecular flexibility index (Phi) is 3.76. The van der Waals surface area contributed by atoms with Crippen LogP contribution in [0.3, 0.4) is 0 Å². The van der Waals surface area contributed by atoms with E-state index < -0.39 is 0 Å². The Labute approximate surface area is 108 Å². The lowest BCUT2D eigenvalue weighted by atomic mass is 10.1. The van der Waals surface area contributed by atoms with Crippen molar-refractivity contribution in [1.29, 1.82) is 0 Å². The van der Waals surface area contributed by atoms with Crippen LogP contribution in [-0.2, 0) is 6.54 Å². The zero-order chi connectivity index (χ0) is 12.4. The zero-order valence-corrected chi connectivity index (χ0v) is 11.1. The molecule has 0 aliphatic carbocycles. The first-order valence-electron chi connectivity index (χ1n) is 5.41. The zero-order valence-electron chi connectivity index (χ0n) is 9.52. The van der Waals surface area contributed by atoms with Crippen LogP contribution in [0, 0.1) is 10.1 Å². The number of hydrogen-bond acceptors (Lipinski definition) is 4. The molecule has 1 aromatic rings. The van der Waals surface area contributed by atoms with E-state index in [1.165, 1.54) is 0 Å². The van der Waals surface area contributed by atoms with Crippen molar-refractivity contribution in [1.82, 2.24) is 10.2 Å². The van der Waals surface area contributed by atoms with Gasteiger partial charge < -0.3 is 5.32 Å². The number of likely N-dealkylation sites (N-methyl/N-ethyl adjacent to an activating group) is 1. The van der Waals surface area contributed by atoms with Crippen LogP contribution in [0.2, 0.25) is 0 Å². The molecule has 1 fully saturated rings. The molecular formula is C11H14BrN3O2. The minimum atomic E-state index is -0.326. The van der Waals surface area contributed by atoms with Crippen molar-refractivity contribution in [3.63, 3.8) is 0 Å². The lowest BCUT2D eigenvalue weighted by Gasteiger charge is -2.35. The molecule has 0 aromatic heterocycles. The maximum atomic E-state index is 11.0. The van der Waals surface area contributed by atoms with Gasteiger partial charge in [0.2, 0.25) is 0 Å². The summed E-state index contributed by atoms with van der Waals surface area (Å²) >= 11 is 3.26. The molecule has 0 radical (unpaired) electrons. The fourth-order valence-corrected chi connectivity index (χ4v) is 2.17. The van der Waals surface area contributed by atoms with E-state index in [1.807, 2.05) is 19.2 Å². The van der Waals surface area contributed by atoms with Gasteiger partial charge in [0.1, 0.15) is 0 Å². The second kappa shape index (κ2) is 5.12. The van der Waals surface area contributed by atoms with Gasteiger partial charge in [0.15, 0.2) is 0 Å². The monoisotopic (exact) mass is 299 g/mol. The summed E-state index contributed by atoms with van der Waals surface area (Å²) in [7, 11) is 2.00. The number of nitro groups is 1. The average molecular weight is 300 g/mol. The maximum Gasteiger partial charge on any atom is 0.275 e. The molecule has 0 amide bonds. The van der Waals surface area contributed by atoms with Crippen molar-refractivity contribution < 1.29 is 4.92 Å². The first kappa shape index (κ1) is 12.5. The highest BCUT2D eigenvalue weighted by atomic mass is 79.9. The molecule has 17 heavy (non-hydrogen) atoms. The van der Waals surface area contributed by atoms with Gasteiger partial charge in [-0.3, -0.25) is 15.0 Å². The molecule has 1 N–H and O–H groups in total. The van der Waals surface area contributed by atoms with Crippen LogP contribution in [-0.4, -0.2) is 36.0 Å². The smallest absolute Gasteiger partial charge is 0.275 e. The molecule has 5 nitrogen and oxygen atoms in total. The third-order valence-electron chi connectivity index (χ3n) is 3.05. The van der Waals surface area contributed by atoms with E-state index in [9.17, 15) is 10.1 Å². The topological polar surface area (TPSA) is 58.4 Å². The predicted octanol–water partition coefficient (Wildman–Crippen LogP) is 1.76. The molecule has 0 atom stereocenters. The molecule has 92 valence electrons. The van der Waals surface area contributed by atoms with Crippen LogP contribution in [0.5, 0.6) is 0 Å². The number of nitrogens with zero attached hydrogens (tertiary/aromatic N) is 2. The standard InChI is InChI=1S/C11H14BrN3O2/c1-14(10-5-13-6-10)7-8-2-3-9(12)4-11(8)15(16)17/h2-4,10,13H,5-7H2,1H3. The Balaban J connectivity index is 2.16. The number of halogens is 1. The highest BCUT2D eigenvalue weighted by Crippen LogP contribution is 2.25. The average Bonchev–Trinajstić information content (AvgIpc) is 2.17. The first-order valence-corrected chi connectivity index (χ1v) is 6.21. The van der Waals surface area contributed by atoms with E-state index in [0.29, 0.717) is 12.6 Å². The maximum absolute atomic E-state index is 11.0. The largest absolute Gasteiger partial charge is 0.314 e. The second-order valence-corrected chi connectivity index (χ2v) is 5.17. The molecular weight excluding hydrogens is 286 g/mol. The van der Waals surface area contributed by atoms with E-state index >= 15 is 0 Å². The van der Waals surface area contributed by atoms with Gasteiger partial charge in [0.05, 0.1) is 4.92 Å². The number of benzene rings is 1. The minimum absolute atomic E-state index is 0.179. The summed E-state index contributed by atoms with van der Waals surface area (Å²) < 4.78 is 0.737. The normalized spacial score (nSPS) is 15.9. The summed E-state index contributed by atoms with van der Waals surface area (Å²) in [5.74, 6) is 0. The Morgan fingerprint density at radius 3 is 2.82 bits per heavy atom. The number of nitro benzene ring substituents is 1. The van der Waals surface area contributed by atoms with Gasteiger partial charge in [-0.1, -0.05) is 15.9 Å². The molecule has 0 bridgehead atoms. The van der Waals surface area contributed by atoms with Crippen LogP contribution >= 0.6 is 15.9 Å². The van der Waals surface area contributed by atoms with E-state index in [0.717, 1.165) is 23.1 Å². The Morgan fingerprint density at radius 1 is 1.59 bits per heavy atom. The molecule has 1 saturated heterocycles. The van der Waals surface area contributed by atoms with Gasteiger partial charge in [-0.05, 0) is 19.2 Å². The Bertz CT molecular complexity index is 435. The molecule has 1 aromatic carbocycles. The third-order valence-corrected chi connectivity index (χ3v) is 3.54. The van der Waals surface area contributed by atoms with E-state index in [4.69, 9.17) is 0 Å². The van der Waals surface area contributed by atoms with Crippen LogP contribution in [0.25, 0.3) is 0 Å². The Morgan fingerprint density at radius 2 is 2.29 bits per heavy atom. The highest BCUT2D eigenvalue weighted by Gasteiger charge is 2.23. The number of rotatable bonds is 4. The van der Waals surface area contributed by atoms with Gasteiger partial charge in [-0.25, -0.2) is 0 Å². The molecule has 0 spiro atoms. The van der Waals surface area contributed by atoms with Crippen LogP contribution in [0.1, 0.15) is 5.56 Å². The molecule has 1 heterocycles. The molecule has 1 aliphatic heterocycles. The summed E-state index contributed by atoms with van der Waals surface area (Å²) in [6.07, 6.45) is 0. The van der Waals surface area contributed by atoms with Gasteiger partial charge in [0.25, 0.3) is 5.69 Å². The van der Waals surface area contributed by atoms with Crippen molar-refractivity contribution in [2.75, 3.05) is 20.1 Å². The summed E-state index contributed by atoms with van der Waals surface area (Å²) in [5.41, 5.74) is 0.936. The van der Waals surface area contributed by atoms with Crippen molar-refractivity contribution in [3.05, 3.63) is 38.3 Å². The summed E-state index contributed by atoms with van der Waals surface area (Å²) in [6, 6.07) is 5.70. The highest BCUT2D eigenvalue weighted by molar-refractivity contribution is 9.10. The lowest BCUT2D eigenvalue weighted by molar-refractivity contribution is -0.385. The van der Waals surface area contributed by atoms with Crippen LogP contribution in [0.15, 0.2) is 22.7 Å². The fourth-order valence-electron chi connectivity index (χ4n) is 1.82. The van der Waals surface area contributed by atoms with Gasteiger partial charge >= 0.3 is 0 Å². The minimum Gasteiger partial charge on any atom is -0.314 e. The summed E-state index contributed by atoms with van der Waals surface area (Å²) in [5, 5.41) is 14.2. The molecule has 1 aliphatic rings. The van der Waals surface area contributed by atoms with Crippen molar-refractivity contribution in [3.8, 4) is 0 Å². The summed E-state index contributed by atoms with van der Waals surface area (Å²) in [4.78, 5) is 12.8. The van der Waals surface area contributed by atoms with E-state index in [1.54, 1.807) is 6.07 Å². The SMILES string of the molecule is CN(Cc1ccc(Br)cc1[N+](=O)[O-])C1CNC1. The van der Waals surface area contributed by atoms with Crippen molar-refractivity contribution in [2.45, 2.75) is 12.6 Å². The lowest BCUT2D eigenvalue weighted by Crippen LogP contribution is -2.55. The van der Waals surface area contributed by atoms with Gasteiger partial charge in [0, 0.05) is 41.8 Å². The van der Waals surface area contributed by atoms with Crippen molar-refractivity contribution >= 4 is 21.6 Å². The molecule has 0 saturated carbocycles. The molecule has 2 rings (SSSR count). The second-order valence-electron chi connectivity index (χ2n) is 4.26. The van der Waals surface area contributed by atoms with Crippen LogP contribution in [0.4, 0.5) is 5.69 Å². The van der Waals surface area contributed by atoms with Gasteiger partial charge in [-0.15, -0.1) is 0 Å². The molecule has 0 unspecified atom stereocenters. The van der Waals surface area contributed by atoms with E-state index in [2.05, 4.69) is 26.1 Å². The van der Waals surface area contributed by atoms with Gasteiger partial charge in [-0.2, -0.15) is 0 Å². The number of hydrogen-bond donors (Lipinski definition) is 1. The predicted molar refractivity (Wildman–Crippen MR) is 68.9 cm³/mol. The van der Waals surface area contributed by atoms with Crippen molar-refractivity contribution in [2.24, 2.45) is 0 Å².